The number of anilines is 3. The summed E-state index contributed by atoms with van der Waals surface area (Å²) in [6.07, 6.45) is 16.9. The van der Waals surface area contributed by atoms with E-state index < -0.39 is 11.9 Å². The van der Waals surface area contributed by atoms with Gasteiger partial charge >= 0.3 is 11.9 Å². The summed E-state index contributed by atoms with van der Waals surface area (Å²) in [5, 5.41) is 0. The molecule has 0 bridgehead atoms. The molecule has 5 aromatic carbocycles. The van der Waals surface area contributed by atoms with Crippen LogP contribution in [0.3, 0.4) is 0 Å². The molecule has 0 spiro atoms. The zero-order valence-electron chi connectivity index (χ0n) is 39.6. The van der Waals surface area contributed by atoms with Crippen LogP contribution < -0.4 is 14.7 Å². The Morgan fingerprint density at radius 3 is 1.42 bits per heavy atom. The summed E-state index contributed by atoms with van der Waals surface area (Å²) in [7, 11) is 6.83. The quantitative estimate of drug-likeness (QED) is 0.0808. The van der Waals surface area contributed by atoms with Gasteiger partial charge in [0.2, 0.25) is 11.8 Å². The highest BCUT2D eigenvalue weighted by Crippen LogP contribution is 2.32. The first-order chi connectivity index (χ1) is 32.4. The number of nitrogens with zero attached hydrogens (tertiary/aromatic N) is 3. The van der Waals surface area contributed by atoms with Gasteiger partial charge in [0.05, 0.1) is 27.3 Å². The molecule has 2 saturated carbocycles. The number of hydrogen-bond acceptors (Lipinski definition) is 7. The molecule has 0 aliphatic heterocycles. The molecule has 0 aromatic heterocycles. The van der Waals surface area contributed by atoms with Crippen LogP contribution >= 0.6 is 15.9 Å². The topological polar surface area (TPSA) is 96.5 Å². The van der Waals surface area contributed by atoms with E-state index in [2.05, 4.69) is 89.1 Å². The second-order valence-corrected chi connectivity index (χ2v) is 18.6. The van der Waals surface area contributed by atoms with Crippen LogP contribution in [-0.4, -0.2) is 52.1 Å². The number of carbonyl (C=O) groups is 4. The summed E-state index contributed by atoms with van der Waals surface area (Å²) in [4.78, 5) is 56.1. The minimum absolute atomic E-state index is 0.0514. The van der Waals surface area contributed by atoms with Crippen molar-refractivity contribution < 1.29 is 28.7 Å². The number of aryl methyl sites for hydroxylation is 1. The van der Waals surface area contributed by atoms with Crippen molar-refractivity contribution in [3.63, 3.8) is 0 Å². The number of benzene rings is 5. The molecular weight excluding hydrogens is 903 g/mol. The minimum atomic E-state index is -0.405. The van der Waals surface area contributed by atoms with Crippen LogP contribution in [0.4, 0.5) is 17.1 Å². The van der Waals surface area contributed by atoms with Gasteiger partial charge in [-0.3, -0.25) is 9.59 Å². The molecule has 2 aliphatic rings. The molecule has 2 aliphatic carbocycles. The van der Waals surface area contributed by atoms with Crippen LogP contribution in [0, 0.1) is 18.8 Å². The third kappa shape index (κ3) is 14.6. The van der Waals surface area contributed by atoms with E-state index in [0.717, 1.165) is 95.0 Å². The smallest absolute Gasteiger partial charge is 0.330 e. The molecule has 0 saturated heterocycles. The van der Waals surface area contributed by atoms with Crippen molar-refractivity contribution >= 4 is 68.9 Å². The summed E-state index contributed by atoms with van der Waals surface area (Å²) in [6.45, 7) is 3.15. The molecule has 0 N–H and O–H groups in total. The summed E-state index contributed by atoms with van der Waals surface area (Å²) >= 11 is 3.47. The maximum absolute atomic E-state index is 13.8. The number of methoxy groups -OCH3 is 2. The van der Waals surface area contributed by atoms with Gasteiger partial charge in [-0.1, -0.05) is 121 Å². The highest BCUT2D eigenvalue weighted by Gasteiger charge is 2.29. The van der Waals surface area contributed by atoms with Crippen LogP contribution in [0.25, 0.3) is 23.3 Å². The maximum Gasteiger partial charge on any atom is 0.330 e. The van der Waals surface area contributed by atoms with E-state index in [1.54, 1.807) is 12.2 Å². The molecule has 0 atom stereocenters. The summed E-state index contributed by atoms with van der Waals surface area (Å²) in [6, 6.07) is 38.6. The SMILES string of the molecule is COC(=O)/C=C/c1cccc(N(Cc2ccc(-c3ccc(N(C)C)c(C)c3)cc2)C(=O)C2CCCCC2)c1.COC(=O)/C=C/c1cccc(N(Cc2ccc(Br)cc2)C(=O)C2CCCCC2)c1. The van der Waals surface area contributed by atoms with Crippen molar-refractivity contribution in [2.24, 2.45) is 11.8 Å². The van der Waals surface area contributed by atoms with Gasteiger partial charge in [0.25, 0.3) is 0 Å². The third-order valence-electron chi connectivity index (χ3n) is 12.6. The van der Waals surface area contributed by atoms with E-state index in [1.165, 1.54) is 56.0 Å². The standard InChI is InChI=1S/C33H38N2O3.C24H26BrNO3/c1-24-21-29(18-19-31(24)34(2)3)27-16-13-26(14-17-27)23-35(33(37)28-10-6-5-7-11-28)30-12-8-9-25(22-30)15-20-32(36)38-4;1-29-23(27)15-12-18-6-5-9-22(16-18)26(17-19-10-13-21(25)14-11-19)24(28)20-7-3-2-4-8-20/h8-9,12-22,28H,5-7,10-11,23H2,1-4H3;5-6,9-16,20H,2-4,7-8,17H2,1H3/b20-15+;15-12+. The van der Waals surface area contributed by atoms with Crippen LogP contribution in [0.1, 0.15) is 92.0 Å². The fraction of sp³-hybridized carbons (Fsp3) is 0.333. The number of esters is 2. The Morgan fingerprint density at radius 2 is 1.00 bits per heavy atom. The van der Waals surface area contributed by atoms with E-state index in [9.17, 15) is 19.2 Å². The summed E-state index contributed by atoms with van der Waals surface area (Å²) in [5.41, 5.74) is 10.3. The second-order valence-electron chi connectivity index (χ2n) is 17.6. The molecule has 67 heavy (non-hydrogen) atoms. The van der Waals surface area contributed by atoms with Crippen molar-refractivity contribution in [3.8, 4) is 11.1 Å². The lowest BCUT2D eigenvalue weighted by Crippen LogP contribution is -2.36. The fourth-order valence-corrected chi connectivity index (χ4v) is 9.15. The van der Waals surface area contributed by atoms with E-state index in [1.807, 2.05) is 82.6 Å². The first kappa shape index (κ1) is 50.2. The van der Waals surface area contributed by atoms with E-state index >= 15 is 0 Å². The Bertz CT molecular complexity index is 2500. The lowest BCUT2D eigenvalue weighted by molar-refractivity contribution is -0.135. The number of halogens is 1. The number of amides is 2. The monoisotopic (exact) mass is 965 g/mol. The zero-order chi connectivity index (χ0) is 47.7. The lowest BCUT2D eigenvalue weighted by Gasteiger charge is -2.30. The molecule has 0 radical (unpaired) electrons. The largest absolute Gasteiger partial charge is 0.466 e. The van der Waals surface area contributed by atoms with Crippen LogP contribution in [0.15, 0.2) is 132 Å². The molecule has 350 valence electrons. The van der Waals surface area contributed by atoms with Crippen LogP contribution in [0.2, 0.25) is 0 Å². The van der Waals surface area contributed by atoms with Crippen LogP contribution in [0.5, 0.6) is 0 Å². The normalized spacial score (nSPS) is 14.2. The van der Waals surface area contributed by atoms with E-state index in [4.69, 9.17) is 4.74 Å². The number of hydrogen-bond donors (Lipinski definition) is 0. The average molecular weight is 967 g/mol. The molecule has 5 aromatic rings. The van der Waals surface area contributed by atoms with Crippen molar-refractivity contribution in [2.75, 3.05) is 43.0 Å². The Labute approximate surface area is 405 Å². The lowest BCUT2D eigenvalue weighted by atomic mass is 9.88. The van der Waals surface area contributed by atoms with Gasteiger partial charge < -0.3 is 24.2 Å². The highest BCUT2D eigenvalue weighted by atomic mass is 79.9. The Balaban J connectivity index is 0.000000229. The van der Waals surface area contributed by atoms with Gasteiger partial charge in [-0.25, -0.2) is 9.59 Å². The first-order valence-electron chi connectivity index (χ1n) is 23.4. The third-order valence-corrected chi connectivity index (χ3v) is 13.1. The number of carbonyl (C=O) groups excluding carboxylic acids is 4. The molecule has 2 amide bonds. The molecule has 2 fully saturated rings. The Kier molecular flexibility index (Phi) is 18.7. The summed E-state index contributed by atoms with van der Waals surface area (Å²) < 4.78 is 10.4. The van der Waals surface area contributed by atoms with Crippen LogP contribution in [-0.2, 0) is 41.7 Å². The molecule has 0 heterocycles. The molecular formula is C57H64BrN3O6. The number of ether oxygens (including phenoxy) is 2. The second kappa shape index (κ2) is 25.0. The molecule has 0 unspecified atom stereocenters. The number of rotatable bonds is 14. The van der Waals surface area contributed by atoms with E-state index in [0.29, 0.717) is 13.1 Å². The Hall–Kier alpha value is -6.26. The van der Waals surface area contributed by atoms with Gasteiger partial charge in [0, 0.05) is 59.6 Å². The van der Waals surface area contributed by atoms with E-state index in [-0.39, 0.29) is 23.7 Å². The van der Waals surface area contributed by atoms with Gasteiger partial charge in [-0.2, -0.15) is 0 Å². The molecule has 7 rings (SSSR count). The first-order valence-corrected chi connectivity index (χ1v) is 24.2. The predicted molar refractivity (Wildman–Crippen MR) is 276 cm³/mol. The van der Waals surface area contributed by atoms with Gasteiger partial charge in [0.1, 0.15) is 0 Å². The van der Waals surface area contributed by atoms with Crippen molar-refractivity contribution in [2.45, 2.75) is 84.2 Å². The minimum Gasteiger partial charge on any atom is -0.466 e. The molecule has 10 heteroatoms. The average Bonchev–Trinajstić information content (AvgIpc) is 3.36. The fourth-order valence-electron chi connectivity index (χ4n) is 8.88. The van der Waals surface area contributed by atoms with Gasteiger partial charge in [-0.15, -0.1) is 0 Å². The predicted octanol–water partition coefficient (Wildman–Crippen LogP) is 12.8. The molecule has 9 nitrogen and oxygen atoms in total. The van der Waals surface area contributed by atoms with Gasteiger partial charge in [-0.05, 0) is 132 Å². The Morgan fingerprint density at radius 1 is 0.567 bits per heavy atom. The maximum atomic E-state index is 13.8. The van der Waals surface area contributed by atoms with Gasteiger partial charge in [0.15, 0.2) is 0 Å². The zero-order valence-corrected chi connectivity index (χ0v) is 41.2. The van der Waals surface area contributed by atoms with Crippen molar-refractivity contribution in [1.82, 2.24) is 0 Å². The summed E-state index contributed by atoms with van der Waals surface area (Å²) in [5.74, 6) is -0.319. The van der Waals surface area contributed by atoms with Crippen molar-refractivity contribution in [1.29, 1.82) is 0 Å². The van der Waals surface area contributed by atoms with Crippen molar-refractivity contribution in [3.05, 3.63) is 160 Å². The highest BCUT2D eigenvalue weighted by molar-refractivity contribution is 9.10.